The number of anilines is 1. The number of carbonyl (C=O) groups excluding carboxylic acids is 2. The summed E-state index contributed by atoms with van der Waals surface area (Å²) >= 11 is 0. The fraction of sp³-hybridized carbons (Fsp3) is 0.222. The van der Waals surface area contributed by atoms with Crippen molar-refractivity contribution >= 4 is 17.5 Å². The van der Waals surface area contributed by atoms with Gasteiger partial charge >= 0.3 is 0 Å². The van der Waals surface area contributed by atoms with Gasteiger partial charge < -0.3 is 34.7 Å². The molecule has 2 aromatic rings. The topological polar surface area (TPSA) is 118 Å². The SMILES string of the molecule is COc1cc(C(=O)Nc2ccc3c(c2)OCO3)cc(OC)c1OCC(N)=O. The first-order chi connectivity index (χ1) is 13.0. The van der Waals surface area contributed by atoms with Crippen LogP contribution in [0.2, 0.25) is 0 Å². The second kappa shape index (κ2) is 7.73. The Morgan fingerprint density at radius 1 is 1.07 bits per heavy atom. The van der Waals surface area contributed by atoms with Gasteiger partial charge in [-0.05, 0) is 24.3 Å². The van der Waals surface area contributed by atoms with Gasteiger partial charge in [-0.1, -0.05) is 0 Å². The Balaban J connectivity index is 1.84. The highest BCUT2D eigenvalue weighted by molar-refractivity contribution is 6.05. The molecule has 0 fully saturated rings. The molecular weight excluding hydrogens is 356 g/mol. The van der Waals surface area contributed by atoms with Crippen LogP contribution in [-0.4, -0.2) is 39.4 Å². The zero-order valence-electron chi connectivity index (χ0n) is 14.7. The molecule has 1 heterocycles. The van der Waals surface area contributed by atoms with E-state index in [2.05, 4.69) is 5.32 Å². The summed E-state index contributed by atoms with van der Waals surface area (Å²) in [5, 5.41) is 2.76. The molecule has 2 aromatic carbocycles. The number of nitrogens with two attached hydrogens (primary N) is 1. The van der Waals surface area contributed by atoms with Gasteiger partial charge in [0.2, 0.25) is 12.5 Å². The van der Waals surface area contributed by atoms with E-state index in [1.54, 1.807) is 18.2 Å². The lowest BCUT2D eigenvalue weighted by Gasteiger charge is -2.15. The van der Waals surface area contributed by atoms with E-state index in [9.17, 15) is 9.59 Å². The molecule has 0 saturated heterocycles. The number of benzene rings is 2. The van der Waals surface area contributed by atoms with Crippen molar-refractivity contribution < 1.29 is 33.3 Å². The van der Waals surface area contributed by atoms with Crippen LogP contribution in [0.25, 0.3) is 0 Å². The van der Waals surface area contributed by atoms with Gasteiger partial charge in [-0.25, -0.2) is 0 Å². The van der Waals surface area contributed by atoms with Crippen molar-refractivity contribution in [3.8, 4) is 28.7 Å². The molecular formula is C18H18N2O7. The summed E-state index contributed by atoms with van der Waals surface area (Å²) in [5.41, 5.74) is 5.91. The van der Waals surface area contributed by atoms with Crippen LogP contribution < -0.4 is 34.7 Å². The molecule has 2 amide bonds. The van der Waals surface area contributed by atoms with Gasteiger partial charge in [-0.2, -0.15) is 0 Å². The van der Waals surface area contributed by atoms with Crippen LogP contribution in [0.4, 0.5) is 5.69 Å². The van der Waals surface area contributed by atoms with Crippen LogP contribution in [0, 0.1) is 0 Å². The summed E-state index contributed by atoms with van der Waals surface area (Å²) in [6, 6.07) is 8.02. The Kier molecular flexibility index (Phi) is 5.20. The number of nitrogens with one attached hydrogen (secondary N) is 1. The second-order valence-corrected chi connectivity index (χ2v) is 5.49. The lowest BCUT2D eigenvalue weighted by Crippen LogP contribution is -2.20. The monoisotopic (exact) mass is 374 g/mol. The van der Waals surface area contributed by atoms with E-state index in [0.717, 1.165) is 0 Å². The van der Waals surface area contributed by atoms with Gasteiger partial charge in [0, 0.05) is 17.3 Å². The Labute approximate surface area is 154 Å². The first kappa shape index (κ1) is 18.2. The molecule has 0 aliphatic carbocycles. The minimum absolute atomic E-state index is 0.147. The Morgan fingerprint density at radius 2 is 1.74 bits per heavy atom. The maximum Gasteiger partial charge on any atom is 0.255 e. The Morgan fingerprint density at radius 3 is 2.37 bits per heavy atom. The highest BCUT2D eigenvalue weighted by Gasteiger charge is 2.19. The van der Waals surface area contributed by atoms with Gasteiger partial charge in [-0.3, -0.25) is 9.59 Å². The zero-order chi connectivity index (χ0) is 19.4. The molecule has 0 saturated carbocycles. The van der Waals surface area contributed by atoms with E-state index in [1.807, 2.05) is 0 Å². The molecule has 1 aliphatic rings. The lowest BCUT2D eigenvalue weighted by atomic mass is 10.1. The summed E-state index contributed by atoms with van der Waals surface area (Å²) in [6.07, 6.45) is 0. The number of hydrogen-bond acceptors (Lipinski definition) is 7. The summed E-state index contributed by atoms with van der Waals surface area (Å²) < 4.78 is 26.4. The lowest BCUT2D eigenvalue weighted by molar-refractivity contribution is -0.120. The fourth-order valence-corrected chi connectivity index (χ4v) is 2.47. The van der Waals surface area contributed by atoms with Crippen LogP contribution in [0.15, 0.2) is 30.3 Å². The van der Waals surface area contributed by atoms with Crippen LogP contribution in [0.5, 0.6) is 28.7 Å². The van der Waals surface area contributed by atoms with Gasteiger partial charge in [0.15, 0.2) is 29.6 Å². The zero-order valence-corrected chi connectivity index (χ0v) is 14.7. The average molecular weight is 374 g/mol. The first-order valence-corrected chi connectivity index (χ1v) is 7.90. The molecule has 0 bridgehead atoms. The van der Waals surface area contributed by atoms with Crippen molar-refractivity contribution in [2.24, 2.45) is 5.73 Å². The predicted octanol–water partition coefficient (Wildman–Crippen LogP) is 1.55. The number of carbonyl (C=O) groups is 2. The van der Waals surface area contributed by atoms with Crippen molar-refractivity contribution in [2.75, 3.05) is 32.9 Å². The van der Waals surface area contributed by atoms with E-state index in [-0.39, 0.29) is 36.2 Å². The maximum atomic E-state index is 12.6. The second-order valence-electron chi connectivity index (χ2n) is 5.49. The molecule has 3 rings (SSSR count). The highest BCUT2D eigenvalue weighted by Crippen LogP contribution is 2.39. The molecule has 0 unspecified atom stereocenters. The van der Waals surface area contributed by atoms with Gasteiger partial charge in [-0.15, -0.1) is 0 Å². The van der Waals surface area contributed by atoms with Crippen molar-refractivity contribution in [1.82, 2.24) is 0 Å². The van der Waals surface area contributed by atoms with E-state index in [4.69, 9.17) is 29.4 Å². The van der Waals surface area contributed by atoms with Crippen molar-refractivity contribution in [2.45, 2.75) is 0 Å². The van der Waals surface area contributed by atoms with Gasteiger partial charge in [0.05, 0.1) is 14.2 Å². The number of hydrogen-bond donors (Lipinski definition) is 2. The van der Waals surface area contributed by atoms with E-state index >= 15 is 0 Å². The molecule has 1 aliphatic heterocycles. The number of primary amides is 1. The molecule has 0 atom stereocenters. The van der Waals surface area contributed by atoms with E-state index in [0.29, 0.717) is 17.2 Å². The van der Waals surface area contributed by atoms with E-state index in [1.165, 1.54) is 26.4 Å². The third kappa shape index (κ3) is 3.97. The summed E-state index contributed by atoms with van der Waals surface area (Å²) in [6.45, 7) is -0.205. The molecule has 0 spiro atoms. The molecule has 3 N–H and O–H groups in total. The quantitative estimate of drug-likeness (QED) is 0.755. The smallest absolute Gasteiger partial charge is 0.255 e. The summed E-state index contributed by atoms with van der Waals surface area (Å²) in [4.78, 5) is 23.6. The van der Waals surface area contributed by atoms with Crippen LogP contribution in [0.3, 0.4) is 0 Å². The highest BCUT2D eigenvalue weighted by atomic mass is 16.7. The van der Waals surface area contributed by atoms with Gasteiger partial charge in [0.1, 0.15) is 0 Å². The Bertz CT molecular complexity index is 857. The average Bonchev–Trinajstić information content (AvgIpc) is 3.13. The van der Waals surface area contributed by atoms with Crippen molar-refractivity contribution in [3.05, 3.63) is 35.9 Å². The molecule has 0 radical (unpaired) electrons. The molecule has 9 nitrogen and oxygen atoms in total. The molecule has 142 valence electrons. The number of fused-ring (bicyclic) bond motifs is 1. The molecule has 0 aromatic heterocycles. The van der Waals surface area contributed by atoms with Gasteiger partial charge in [0.25, 0.3) is 11.8 Å². The summed E-state index contributed by atoms with van der Waals surface area (Å²) in [5.74, 6) is 0.761. The third-order valence-corrected chi connectivity index (χ3v) is 3.71. The minimum Gasteiger partial charge on any atom is -0.493 e. The number of amides is 2. The fourth-order valence-electron chi connectivity index (χ4n) is 2.47. The van der Waals surface area contributed by atoms with Crippen LogP contribution in [-0.2, 0) is 4.79 Å². The maximum absolute atomic E-state index is 12.6. The molecule has 27 heavy (non-hydrogen) atoms. The largest absolute Gasteiger partial charge is 0.493 e. The van der Waals surface area contributed by atoms with E-state index < -0.39 is 11.8 Å². The number of ether oxygens (including phenoxy) is 5. The third-order valence-electron chi connectivity index (χ3n) is 3.71. The van der Waals surface area contributed by atoms with Crippen LogP contribution >= 0.6 is 0 Å². The predicted molar refractivity (Wildman–Crippen MR) is 94.8 cm³/mol. The molecule has 9 heteroatoms. The van der Waals surface area contributed by atoms with Crippen LogP contribution in [0.1, 0.15) is 10.4 Å². The Hall–Kier alpha value is -3.62. The number of rotatable bonds is 7. The van der Waals surface area contributed by atoms with Crippen molar-refractivity contribution in [1.29, 1.82) is 0 Å². The normalized spacial score (nSPS) is 11.6. The van der Waals surface area contributed by atoms with Crippen molar-refractivity contribution in [3.63, 3.8) is 0 Å². The standard InChI is InChI=1S/C18H18N2O7/c1-23-14-5-10(6-15(24-2)17(14)25-8-16(19)21)18(22)20-11-3-4-12-13(7-11)27-9-26-12/h3-7H,8-9H2,1-2H3,(H2,19,21)(H,20,22). The minimum atomic E-state index is -0.649. The number of methoxy groups -OCH3 is 2. The first-order valence-electron chi connectivity index (χ1n) is 7.90. The summed E-state index contributed by atoms with van der Waals surface area (Å²) in [7, 11) is 2.82.